The van der Waals surface area contributed by atoms with Crippen LogP contribution < -0.4 is 14.8 Å². The first-order valence-electron chi connectivity index (χ1n) is 7.56. The molecule has 1 saturated heterocycles. The van der Waals surface area contributed by atoms with Crippen molar-refractivity contribution in [1.29, 1.82) is 0 Å². The van der Waals surface area contributed by atoms with Gasteiger partial charge < -0.3 is 19.5 Å². The number of hydrogen-bond donors (Lipinski definition) is 1. The zero-order valence-electron chi connectivity index (χ0n) is 12.8. The Balaban J connectivity index is 2.02. The Bertz CT molecular complexity index is 447. The zero-order chi connectivity index (χ0) is 15.1. The van der Waals surface area contributed by atoms with E-state index < -0.39 is 0 Å². The first-order valence-corrected chi connectivity index (χ1v) is 7.94. The lowest BCUT2D eigenvalue weighted by molar-refractivity contribution is 0.110. The second-order valence-electron chi connectivity index (χ2n) is 5.21. The molecule has 118 valence electrons. The Morgan fingerprint density at radius 1 is 1.43 bits per heavy atom. The van der Waals surface area contributed by atoms with Gasteiger partial charge in [-0.2, -0.15) is 0 Å². The van der Waals surface area contributed by atoms with Crippen LogP contribution in [0.5, 0.6) is 11.5 Å². The molecule has 0 amide bonds. The summed E-state index contributed by atoms with van der Waals surface area (Å²) in [6.07, 6.45) is 3.56. The number of rotatable bonds is 8. The van der Waals surface area contributed by atoms with E-state index in [1.807, 2.05) is 6.07 Å². The maximum absolute atomic E-state index is 6.15. The van der Waals surface area contributed by atoms with Crippen LogP contribution in [0.1, 0.15) is 31.7 Å². The van der Waals surface area contributed by atoms with Crippen LogP contribution in [0, 0.1) is 0 Å². The lowest BCUT2D eigenvalue weighted by Gasteiger charge is -2.17. The summed E-state index contributed by atoms with van der Waals surface area (Å²) < 4.78 is 16.8. The van der Waals surface area contributed by atoms with Crippen molar-refractivity contribution in [1.82, 2.24) is 5.32 Å². The summed E-state index contributed by atoms with van der Waals surface area (Å²) in [6.45, 7) is 5.16. The molecule has 0 bridgehead atoms. The fourth-order valence-corrected chi connectivity index (χ4v) is 2.68. The van der Waals surface area contributed by atoms with Crippen molar-refractivity contribution in [3.8, 4) is 11.5 Å². The van der Waals surface area contributed by atoms with E-state index in [0.717, 1.165) is 43.7 Å². The van der Waals surface area contributed by atoms with Crippen molar-refractivity contribution >= 4 is 11.6 Å². The fourth-order valence-electron chi connectivity index (χ4n) is 2.45. The maximum Gasteiger partial charge on any atom is 0.165 e. The second-order valence-corrected chi connectivity index (χ2v) is 5.65. The molecule has 0 aromatic heterocycles. The molecule has 0 unspecified atom stereocenters. The minimum absolute atomic E-state index is 0.325. The van der Waals surface area contributed by atoms with E-state index in [1.165, 1.54) is 0 Å². The highest BCUT2D eigenvalue weighted by Crippen LogP contribution is 2.34. The van der Waals surface area contributed by atoms with E-state index in [2.05, 4.69) is 12.2 Å². The third-order valence-corrected chi connectivity index (χ3v) is 3.70. The van der Waals surface area contributed by atoms with Gasteiger partial charge >= 0.3 is 0 Å². The van der Waals surface area contributed by atoms with Gasteiger partial charge in [0.25, 0.3) is 0 Å². The molecule has 4 nitrogen and oxygen atoms in total. The molecule has 1 aromatic rings. The number of methoxy groups -OCH3 is 1. The highest BCUT2D eigenvalue weighted by atomic mass is 35.5. The Morgan fingerprint density at radius 2 is 2.29 bits per heavy atom. The van der Waals surface area contributed by atoms with E-state index in [0.29, 0.717) is 30.0 Å². The van der Waals surface area contributed by atoms with Crippen LogP contribution in [0.4, 0.5) is 0 Å². The summed E-state index contributed by atoms with van der Waals surface area (Å²) in [7, 11) is 1.63. The van der Waals surface area contributed by atoms with Crippen LogP contribution in [-0.4, -0.2) is 33.0 Å². The Kier molecular flexibility index (Phi) is 6.61. The zero-order valence-corrected chi connectivity index (χ0v) is 13.5. The van der Waals surface area contributed by atoms with E-state index in [1.54, 1.807) is 13.2 Å². The number of ether oxygens (including phenoxy) is 3. The van der Waals surface area contributed by atoms with Gasteiger partial charge in [0.05, 0.1) is 19.8 Å². The van der Waals surface area contributed by atoms with Crippen molar-refractivity contribution in [2.45, 2.75) is 38.8 Å². The summed E-state index contributed by atoms with van der Waals surface area (Å²) in [5.74, 6) is 1.47. The number of nitrogens with one attached hydrogen (secondary N) is 1. The Morgan fingerprint density at radius 3 is 2.95 bits per heavy atom. The molecule has 0 spiro atoms. The molecule has 2 rings (SSSR count). The third-order valence-electron chi connectivity index (χ3n) is 3.48. The van der Waals surface area contributed by atoms with Crippen LogP contribution >= 0.6 is 11.6 Å². The maximum atomic E-state index is 6.15. The number of hydrogen-bond acceptors (Lipinski definition) is 4. The van der Waals surface area contributed by atoms with Gasteiger partial charge in [-0.1, -0.05) is 18.5 Å². The first kappa shape index (κ1) is 16.4. The second kappa shape index (κ2) is 8.47. The van der Waals surface area contributed by atoms with Crippen LogP contribution in [-0.2, 0) is 11.3 Å². The van der Waals surface area contributed by atoms with Crippen molar-refractivity contribution in [2.75, 3.05) is 26.9 Å². The third kappa shape index (κ3) is 4.77. The van der Waals surface area contributed by atoms with Crippen molar-refractivity contribution in [3.05, 3.63) is 22.7 Å². The molecule has 1 heterocycles. The van der Waals surface area contributed by atoms with Gasteiger partial charge in [0.2, 0.25) is 0 Å². The smallest absolute Gasteiger partial charge is 0.165 e. The molecule has 1 aliphatic rings. The van der Waals surface area contributed by atoms with Crippen LogP contribution in [0.2, 0.25) is 5.02 Å². The lowest BCUT2D eigenvalue weighted by atomic mass is 10.1. The van der Waals surface area contributed by atoms with E-state index in [4.69, 9.17) is 25.8 Å². The molecular weight excluding hydrogens is 290 g/mol. The Labute approximate surface area is 131 Å². The van der Waals surface area contributed by atoms with Crippen molar-refractivity contribution in [2.24, 2.45) is 0 Å². The highest BCUT2D eigenvalue weighted by molar-refractivity contribution is 6.30. The summed E-state index contributed by atoms with van der Waals surface area (Å²) >= 11 is 6.15. The molecule has 5 heteroatoms. The molecule has 1 aliphatic heterocycles. The standard InChI is InChI=1S/C16H24ClNO3/c1-3-6-21-16-12(8-13(17)9-15(16)19-2)10-18-11-14-5-4-7-20-14/h8-9,14,18H,3-7,10-11H2,1-2H3/t14-/m0/s1. The van der Waals surface area contributed by atoms with E-state index in [-0.39, 0.29) is 0 Å². The van der Waals surface area contributed by atoms with E-state index in [9.17, 15) is 0 Å². The highest BCUT2D eigenvalue weighted by Gasteiger charge is 2.16. The minimum Gasteiger partial charge on any atom is -0.493 e. The quantitative estimate of drug-likeness (QED) is 0.798. The molecule has 21 heavy (non-hydrogen) atoms. The molecule has 1 N–H and O–H groups in total. The monoisotopic (exact) mass is 313 g/mol. The molecule has 0 saturated carbocycles. The predicted octanol–water partition coefficient (Wildman–Crippen LogP) is 3.41. The predicted molar refractivity (Wildman–Crippen MR) is 84.5 cm³/mol. The minimum atomic E-state index is 0.325. The van der Waals surface area contributed by atoms with Crippen LogP contribution in [0.25, 0.3) is 0 Å². The molecule has 1 fully saturated rings. The van der Waals surface area contributed by atoms with Gasteiger partial charge in [-0.15, -0.1) is 0 Å². The van der Waals surface area contributed by atoms with Crippen molar-refractivity contribution < 1.29 is 14.2 Å². The molecule has 1 aromatic carbocycles. The van der Waals surface area contributed by atoms with Gasteiger partial charge in [0.15, 0.2) is 11.5 Å². The lowest BCUT2D eigenvalue weighted by Crippen LogP contribution is -2.26. The molecule has 0 radical (unpaired) electrons. The molecular formula is C16H24ClNO3. The summed E-state index contributed by atoms with van der Waals surface area (Å²) in [5, 5.41) is 4.08. The average molecular weight is 314 g/mol. The van der Waals surface area contributed by atoms with Gasteiger partial charge in [0.1, 0.15) is 0 Å². The largest absolute Gasteiger partial charge is 0.493 e. The fraction of sp³-hybridized carbons (Fsp3) is 0.625. The van der Waals surface area contributed by atoms with Gasteiger partial charge in [-0.25, -0.2) is 0 Å². The normalized spacial score (nSPS) is 18.0. The summed E-state index contributed by atoms with van der Waals surface area (Å²) in [4.78, 5) is 0. The summed E-state index contributed by atoms with van der Waals surface area (Å²) in [6, 6.07) is 3.72. The van der Waals surface area contributed by atoms with Crippen molar-refractivity contribution in [3.63, 3.8) is 0 Å². The topological polar surface area (TPSA) is 39.7 Å². The average Bonchev–Trinajstić information content (AvgIpc) is 2.99. The SMILES string of the molecule is CCCOc1c(CNC[C@@H]2CCCO2)cc(Cl)cc1OC. The Hall–Kier alpha value is -0.970. The van der Waals surface area contributed by atoms with Crippen LogP contribution in [0.15, 0.2) is 12.1 Å². The molecule has 1 atom stereocenters. The number of halogens is 1. The van der Waals surface area contributed by atoms with E-state index >= 15 is 0 Å². The molecule has 0 aliphatic carbocycles. The summed E-state index contributed by atoms with van der Waals surface area (Å²) in [5.41, 5.74) is 1.02. The number of benzene rings is 1. The van der Waals surface area contributed by atoms with Gasteiger partial charge in [-0.3, -0.25) is 0 Å². The van der Waals surface area contributed by atoms with Gasteiger partial charge in [0, 0.05) is 36.3 Å². The van der Waals surface area contributed by atoms with Crippen LogP contribution in [0.3, 0.4) is 0 Å². The first-order chi connectivity index (χ1) is 10.2. The van der Waals surface area contributed by atoms with Gasteiger partial charge in [-0.05, 0) is 25.3 Å².